The van der Waals surface area contributed by atoms with E-state index in [0.29, 0.717) is 23.6 Å². The highest BCUT2D eigenvalue weighted by molar-refractivity contribution is 6.54. The van der Waals surface area contributed by atoms with Crippen LogP contribution in [0.5, 0.6) is 0 Å². The second kappa shape index (κ2) is 8.60. The molecule has 1 aliphatic rings. The van der Waals surface area contributed by atoms with Gasteiger partial charge in [0.2, 0.25) is 0 Å². The number of ether oxygens (including phenoxy) is 1. The number of esters is 1. The second-order valence-electron chi connectivity index (χ2n) is 6.17. The minimum atomic E-state index is -0.356. The molecule has 0 atom stereocenters. The molecule has 0 spiro atoms. The van der Waals surface area contributed by atoms with Crippen molar-refractivity contribution in [2.75, 3.05) is 31.6 Å². The zero-order valence-electron chi connectivity index (χ0n) is 15.6. The molecular formula is C21H23N3O3. The van der Waals surface area contributed by atoms with Gasteiger partial charge in [-0.1, -0.05) is 32.0 Å². The summed E-state index contributed by atoms with van der Waals surface area (Å²) in [5.41, 5.74) is 2.99. The number of carbonyl (C=O) groups is 2. The molecule has 0 radical (unpaired) electrons. The predicted octanol–water partition coefficient (Wildman–Crippen LogP) is 3.26. The fourth-order valence-corrected chi connectivity index (χ4v) is 2.91. The number of hydrogen-bond acceptors (Lipinski definition) is 5. The lowest BCUT2D eigenvalue weighted by molar-refractivity contribution is -0.110. The van der Waals surface area contributed by atoms with Crippen molar-refractivity contribution in [3.8, 4) is 0 Å². The lowest BCUT2D eigenvalue weighted by Crippen LogP contribution is -2.27. The molecule has 1 amide bonds. The molecule has 1 heterocycles. The van der Waals surface area contributed by atoms with Crippen LogP contribution >= 0.6 is 0 Å². The third-order valence-electron chi connectivity index (χ3n) is 4.52. The van der Waals surface area contributed by atoms with Crippen LogP contribution in [-0.2, 0) is 9.53 Å². The van der Waals surface area contributed by atoms with E-state index in [1.165, 1.54) is 0 Å². The molecule has 2 aromatic carbocycles. The highest BCUT2D eigenvalue weighted by Gasteiger charge is 2.25. The van der Waals surface area contributed by atoms with Crippen LogP contribution in [0.2, 0.25) is 0 Å². The SMILES string of the molecule is CCN(CC)CCOC(=O)c1ccc(N=C2C(=O)Nc3ccccc32)cc1. The fourth-order valence-electron chi connectivity index (χ4n) is 2.91. The Labute approximate surface area is 158 Å². The quantitative estimate of drug-likeness (QED) is 0.765. The summed E-state index contributed by atoms with van der Waals surface area (Å²) in [6, 6.07) is 14.2. The van der Waals surface area contributed by atoms with Crippen molar-refractivity contribution in [1.82, 2.24) is 4.90 Å². The molecule has 1 aliphatic heterocycles. The average Bonchev–Trinajstić information content (AvgIpc) is 3.01. The molecule has 3 rings (SSSR count). The molecule has 0 bridgehead atoms. The summed E-state index contributed by atoms with van der Waals surface area (Å²) in [4.78, 5) is 30.9. The summed E-state index contributed by atoms with van der Waals surface area (Å²) in [7, 11) is 0. The number of likely N-dealkylation sites (N-methyl/N-ethyl adjacent to an activating group) is 1. The molecule has 0 aromatic heterocycles. The number of hydrogen-bond donors (Lipinski definition) is 1. The Balaban J connectivity index is 1.66. The number of rotatable bonds is 7. The van der Waals surface area contributed by atoms with Crippen LogP contribution < -0.4 is 5.32 Å². The van der Waals surface area contributed by atoms with E-state index >= 15 is 0 Å². The number of nitrogens with one attached hydrogen (secondary N) is 1. The Bertz CT molecular complexity index is 855. The lowest BCUT2D eigenvalue weighted by Gasteiger charge is -2.17. The summed E-state index contributed by atoms with van der Waals surface area (Å²) < 4.78 is 5.32. The molecule has 0 saturated heterocycles. The number of amides is 1. The van der Waals surface area contributed by atoms with E-state index in [-0.39, 0.29) is 11.9 Å². The van der Waals surface area contributed by atoms with Gasteiger partial charge in [-0.25, -0.2) is 9.79 Å². The van der Waals surface area contributed by atoms with Crippen LogP contribution in [0.3, 0.4) is 0 Å². The number of para-hydroxylation sites is 1. The van der Waals surface area contributed by atoms with Gasteiger partial charge in [0.1, 0.15) is 12.3 Å². The number of carbonyl (C=O) groups excluding carboxylic acids is 2. The van der Waals surface area contributed by atoms with Crippen molar-refractivity contribution in [3.05, 3.63) is 59.7 Å². The van der Waals surface area contributed by atoms with Crippen LogP contribution in [-0.4, -0.2) is 48.7 Å². The summed E-state index contributed by atoms with van der Waals surface area (Å²) in [5, 5.41) is 2.79. The molecule has 0 unspecified atom stereocenters. The van der Waals surface area contributed by atoms with Crippen LogP contribution in [0.25, 0.3) is 0 Å². The van der Waals surface area contributed by atoms with Gasteiger partial charge < -0.3 is 15.0 Å². The molecule has 27 heavy (non-hydrogen) atoms. The zero-order chi connectivity index (χ0) is 19.2. The van der Waals surface area contributed by atoms with Gasteiger partial charge in [-0.3, -0.25) is 4.79 Å². The van der Waals surface area contributed by atoms with Gasteiger partial charge in [0.05, 0.1) is 16.9 Å². The van der Waals surface area contributed by atoms with E-state index in [0.717, 1.165) is 30.9 Å². The Morgan fingerprint density at radius 2 is 1.78 bits per heavy atom. The standard InChI is InChI=1S/C21H23N3O3/c1-3-24(4-2)13-14-27-21(26)15-9-11-16(12-10-15)22-19-17-7-5-6-8-18(17)23-20(19)25/h5-12H,3-4,13-14H2,1-2H3,(H,22,23,25). The molecule has 1 N–H and O–H groups in total. The Morgan fingerprint density at radius 3 is 2.48 bits per heavy atom. The zero-order valence-corrected chi connectivity index (χ0v) is 15.6. The van der Waals surface area contributed by atoms with Gasteiger partial charge in [0, 0.05) is 12.1 Å². The molecule has 0 fully saturated rings. The highest BCUT2D eigenvalue weighted by Crippen LogP contribution is 2.25. The minimum absolute atomic E-state index is 0.226. The summed E-state index contributed by atoms with van der Waals surface area (Å²) in [6.07, 6.45) is 0. The van der Waals surface area contributed by atoms with Crippen molar-refractivity contribution in [1.29, 1.82) is 0 Å². The van der Waals surface area contributed by atoms with Gasteiger partial charge in [-0.2, -0.15) is 0 Å². The molecular weight excluding hydrogens is 342 g/mol. The normalized spacial score (nSPS) is 14.3. The van der Waals surface area contributed by atoms with Gasteiger partial charge >= 0.3 is 5.97 Å². The number of benzene rings is 2. The van der Waals surface area contributed by atoms with E-state index in [1.807, 2.05) is 24.3 Å². The smallest absolute Gasteiger partial charge is 0.338 e. The van der Waals surface area contributed by atoms with E-state index < -0.39 is 0 Å². The third-order valence-corrected chi connectivity index (χ3v) is 4.52. The molecule has 140 valence electrons. The largest absolute Gasteiger partial charge is 0.461 e. The summed E-state index contributed by atoms with van der Waals surface area (Å²) in [6.45, 7) is 7.10. The minimum Gasteiger partial charge on any atom is -0.461 e. The summed E-state index contributed by atoms with van der Waals surface area (Å²) >= 11 is 0. The topological polar surface area (TPSA) is 71.0 Å². The lowest BCUT2D eigenvalue weighted by atomic mass is 10.1. The molecule has 0 saturated carbocycles. The van der Waals surface area contributed by atoms with Crippen molar-refractivity contribution < 1.29 is 14.3 Å². The van der Waals surface area contributed by atoms with E-state index in [9.17, 15) is 9.59 Å². The number of nitrogens with zero attached hydrogens (tertiary/aromatic N) is 2. The Morgan fingerprint density at radius 1 is 1.07 bits per heavy atom. The number of aliphatic imine (C=N–C) groups is 1. The monoisotopic (exact) mass is 365 g/mol. The molecule has 0 aliphatic carbocycles. The van der Waals surface area contributed by atoms with Gasteiger partial charge in [0.15, 0.2) is 0 Å². The number of anilines is 1. The van der Waals surface area contributed by atoms with Gasteiger partial charge in [-0.15, -0.1) is 0 Å². The van der Waals surface area contributed by atoms with Gasteiger partial charge in [-0.05, 0) is 43.4 Å². The maximum atomic E-state index is 12.1. The Kier molecular flexibility index (Phi) is 5.98. The average molecular weight is 365 g/mol. The second-order valence-corrected chi connectivity index (χ2v) is 6.17. The molecule has 6 heteroatoms. The predicted molar refractivity (Wildman–Crippen MR) is 106 cm³/mol. The first kappa shape index (κ1) is 18.8. The van der Waals surface area contributed by atoms with E-state index in [4.69, 9.17) is 4.74 Å². The molecule has 2 aromatic rings. The van der Waals surface area contributed by atoms with Crippen molar-refractivity contribution in [2.45, 2.75) is 13.8 Å². The maximum Gasteiger partial charge on any atom is 0.338 e. The van der Waals surface area contributed by atoms with Crippen molar-refractivity contribution in [2.24, 2.45) is 4.99 Å². The fraction of sp³-hybridized carbons (Fsp3) is 0.286. The van der Waals surface area contributed by atoms with Crippen molar-refractivity contribution in [3.63, 3.8) is 0 Å². The van der Waals surface area contributed by atoms with E-state index in [1.54, 1.807) is 24.3 Å². The van der Waals surface area contributed by atoms with Crippen molar-refractivity contribution >= 4 is 29.0 Å². The van der Waals surface area contributed by atoms with Crippen LogP contribution in [0, 0.1) is 0 Å². The van der Waals surface area contributed by atoms with Gasteiger partial charge in [0.25, 0.3) is 5.91 Å². The van der Waals surface area contributed by atoms with Crippen LogP contribution in [0.1, 0.15) is 29.8 Å². The summed E-state index contributed by atoms with van der Waals surface area (Å²) in [5.74, 6) is -0.582. The first-order chi connectivity index (χ1) is 13.1. The molecule has 6 nitrogen and oxygen atoms in total. The van der Waals surface area contributed by atoms with Crippen LogP contribution in [0.4, 0.5) is 11.4 Å². The first-order valence-electron chi connectivity index (χ1n) is 9.11. The van der Waals surface area contributed by atoms with Crippen LogP contribution in [0.15, 0.2) is 53.5 Å². The highest BCUT2D eigenvalue weighted by atomic mass is 16.5. The number of fused-ring (bicyclic) bond motifs is 1. The first-order valence-corrected chi connectivity index (χ1v) is 9.11. The Hall–Kier alpha value is -2.99. The van der Waals surface area contributed by atoms with E-state index in [2.05, 4.69) is 29.1 Å². The third kappa shape index (κ3) is 4.41. The maximum absolute atomic E-state index is 12.1.